The highest BCUT2D eigenvalue weighted by molar-refractivity contribution is 7.89. The van der Waals surface area contributed by atoms with Crippen LogP contribution in [0.3, 0.4) is 0 Å². The SMILES string of the molecule is CCC(NS(=O)(=O)c1ccc(OC)cc1)C(=N)N. The molecule has 100 valence electrons. The van der Waals surface area contributed by atoms with Crippen molar-refractivity contribution in [1.29, 1.82) is 5.41 Å². The van der Waals surface area contributed by atoms with Crippen LogP contribution in [0.25, 0.3) is 0 Å². The van der Waals surface area contributed by atoms with E-state index >= 15 is 0 Å². The Labute approximate surface area is 107 Å². The summed E-state index contributed by atoms with van der Waals surface area (Å²) in [4.78, 5) is 0.114. The van der Waals surface area contributed by atoms with Crippen LogP contribution in [0.4, 0.5) is 0 Å². The Balaban J connectivity index is 2.95. The van der Waals surface area contributed by atoms with Crippen LogP contribution in [0.5, 0.6) is 5.75 Å². The number of methoxy groups -OCH3 is 1. The monoisotopic (exact) mass is 271 g/mol. The van der Waals surface area contributed by atoms with Gasteiger partial charge in [0.15, 0.2) is 0 Å². The van der Waals surface area contributed by atoms with Gasteiger partial charge in [0.2, 0.25) is 10.0 Å². The molecule has 0 aliphatic heterocycles. The van der Waals surface area contributed by atoms with E-state index in [0.29, 0.717) is 12.2 Å². The summed E-state index contributed by atoms with van der Waals surface area (Å²) in [6.45, 7) is 1.75. The number of nitrogens with two attached hydrogens (primary N) is 1. The van der Waals surface area contributed by atoms with Crippen LogP contribution >= 0.6 is 0 Å². The van der Waals surface area contributed by atoms with Crippen LogP contribution in [0, 0.1) is 5.41 Å². The van der Waals surface area contributed by atoms with E-state index in [1.165, 1.54) is 19.2 Å². The van der Waals surface area contributed by atoms with E-state index in [9.17, 15) is 8.42 Å². The van der Waals surface area contributed by atoms with Crippen LogP contribution < -0.4 is 15.2 Å². The molecule has 0 saturated carbocycles. The minimum Gasteiger partial charge on any atom is -0.497 e. The van der Waals surface area contributed by atoms with Crippen LogP contribution in [0.2, 0.25) is 0 Å². The molecule has 6 nitrogen and oxygen atoms in total. The molecule has 0 saturated heterocycles. The fourth-order valence-corrected chi connectivity index (χ4v) is 2.68. The average molecular weight is 271 g/mol. The maximum atomic E-state index is 12.0. The molecule has 0 bridgehead atoms. The lowest BCUT2D eigenvalue weighted by Gasteiger charge is -2.15. The molecule has 0 aromatic heterocycles. The predicted octanol–water partition coefficient (Wildman–Crippen LogP) is 0.688. The standard InChI is InChI=1S/C11H17N3O3S/c1-3-10(11(12)13)14-18(15,16)9-6-4-8(17-2)5-7-9/h4-7,10,14H,3H2,1-2H3,(H3,12,13). The van der Waals surface area contributed by atoms with Crippen LogP contribution in [0.1, 0.15) is 13.3 Å². The Morgan fingerprint density at radius 1 is 1.44 bits per heavy atom. The summed E-state index contributed by atoms with van der Waals surface area (Å²) < 4.78 is 31.3. The third-order valence-corrected chi connectivity index (χ3v) is 3.94. The summed E-state index contributed by atoms with van der Waals surface area (Å²) in [5.74, 6) is 0.377. The molecular weight excluding hydrogens is 254 g/mol. The maximum Gasteiger partial charge on any atom is 0.241 e. The highest BCUT2D eigenvalue weighted by Gasteiger charge is 2.20. The topological polar surface area (TPSA) is 105 Å². The third-order valence-electron chi connectivity index (χ3n) is 2.45. The molecule has 1 aromatic rings. The number of ether oxygens (including phenoxy) is 1. The van der Waals surface area contributed by atoms with Crippen molar-refractivity contribution in [1.82, 2.24) is 4.72 Å². The lowest BCUT2D eigenvalue weighted by Crippen LogP contribution is -2.43. The van der Waals surface area contributed by atoms with Crippen molar-refractivity contribution in [2.24, 2.45) is 5.73 Å². The fourth-order valence-electron chi connectivity index (χ4n) is 1.38. The summed E-state index contributed by atoms with van der Waals surface area (Å²) in [5, 5.41) is 7.29. The fraction of sp³-hybridized carbons (Fsp3) is 0.364. The minimum atomic E-state index is -3.67. The maximum absolute atomic E-state index is 12.0. The van der Waals surface area contributed by atoms with Gasteiger partial charge < -0.3 is 10.5 Å². The Hall–Kier alpha value is -1.60. The third kappa shape index (κ3) is 3.44. The van der Waals surface area contributed by atoms with Gasteiger partial charge in [-0.3, -0.25) is 5.41 Å². The van der Waals surface area contributed by atoms with Crippen molar-refractivity contribution < 1.29 is 13.2 Å². The number of sulfonamides is 1. The minimum absolute atomic E-state index is 0.114. The molecule has 0 amide bonds. The van der Waals surface area contributed by atoms with Gasteiger partial charge in [-0.25, -0.2) is 13.1 Å². The second-order valence-electron chi connectivity index (χ2n) is 3.71. The van der Waals surface area contributed by atoms with E-state index in [2.05, 4.69) is 4.72 Å². The molecule has 4 N–H and O–H groups in total. The van der Waals surface area contributed by atoms with Gasteiger partial charge >= 0.3 is 0 Å². The van der Waals surface area contributed by atoms with E-state index in [4.69, 9.17) is 15.9 Å². The van der Waals surface area contributed by atoms with E-state index in [0.717, 1.165) is 0 Å². The van der Waals surface area contributed by atoms with E-state index in [1.54, 1.807) is 19.1 Å². The molecule has 1 rings (SSSR count). The smallest absolute Gasteiger partial charge is 0.241 e. The molecule has 0 aliphatic rings. The number of hydrogen-bond donors (Lipinski definition) is 3. The Morgan fingerprint density at radius 2 is 2.00 bits per heavy atom. The summed E-state index contributed by atoms with van der Waals surface area (Å²) in [6, 6.07) is 5.31. The second-order valence-corrected chi connectivity index (χ2v) is 5.43. The number of hydrogen-bond acceptors (Lipinski definition) is 4. The number of amidine groups is 1. The Kier molecular flexibility index (Phi) is 4.69. The highest BCUT2D eigenvalue weighted by atomic mass is 32.2. The normalized spacial score (nSPS) is 13.0. The van der Waals surface area contributed by atoms with Gasteiger partial charge in [-0.15, -0.1) is 0 Å². The van der Waals surface area contributed by atoms with Gasteiger partial charge in [0.05, 0.1) is 18.0 Å². The van der Waals surface area contributed by atoms with Crippen LogP contribution in [0.15, 0.2) is 29.2 Å². The number of nitrogens with one attached hydrogen (secondary N) is 2. The molecule has 7 heteroatoms. The first-order valence-electron chi connectivity index (χ1n) is 5.41. The quantitative estimate of drug-likeness (QED) is 0.523. The Morgan fingerprint density at radius 3 is 2.39 bits per heavy atom. The molecule has 0 aliphatic carbocycles. The van der Waals surface area contributed by atoms with Crippen molar-refractivity contribution >= 4 is 15.9 Å². The van der Waals surface area contributed by atoms with Gasteiger partial charge in [0.1, 0.15) is 11.6 Å². The first kappa shape index (κ1) is 14.5. The van der Waals surface area contributed by atoms with Gasteiger partial charge in [0.25, 0.3) is 0 Å². The zero-order valence-corrected chi connectivity index (χ0v) is 11.1. The van der Waals surface area contributed by atoms with Gasteiger partial charge in [-0.1, -0.05) is 6.92 Å². The van der Waals surface area contributed by atoms with Crippen molar-refractivity contribution in [3.05, 3.63) is 24.3 Å². The summed E-state index contributed by atoms with van der Waals surface area (Å²) >= 11 is 0. The first-order valence-corrected chi connectivity index (χ1v) is 6.89. The van der Waals surface area contributed by atoms with Crippen LogP contribution in [-0.2, 0) is 10.0 Å². The summed E-state index contributed by atoms with van der Waals surface area (Å²) in [5.41, 5.74) is 5.31. The lowest BCUT2D eigenvalue weighted by molar-refractivity contribution is 0.414. The molecule has 0 heterocycles. The molecule has 1 atom stereocenters. The van der Waals surface area contributed by atoms with Gasteiger partial charge in [0, 0.05) is 0 Å². The zero-order valence-electron chi connectivity index (χ0n) is 10.3. The highest BCUT2D eigenvalue weighted by Crippen LogP contribution is 2.15. The summed E-state index contributed by atoms with van der Waals surface area (Å²) in [7, 11) is -2.16. The van der Waals surface area contributed by atoms with Crippen molar-refractivity contribution in [2.75, 3.05) is 7.11 Å². The molecule has 1 aromatic carbocycles. The molecule has 18 heavy (non-hydrogen) atoms. The van der Waals surface area contributed by atoms with Crippen molar-refractivity contribution in [2.45, 2.75) is 24.3 Å². The van der Waals surface area contributed by atoms with Crippen molar-refractivity contribution in [3.63, 3.8) is 0 Å². The number of rotatable bonds is 6. The summed E-state index contributed by atoms with van der Waals surface area (Å²) in [6.07, 6.45) is 0.421. The van der Waals surface area contributed by atoms with Gasteiger partial charge in [-0.05, 0) is 30.7 Å². The molecule has 0 spiro atoms. The van der Waals surface area contributed by atoms with E-state index in [1.807, 2.05) is 0 Å². The van der Waals surface area contributed by atoms with E-state index < -0.39 is 16.1 Å². The van der Waals surface area contributed by atoms with Gasteiger partial charge in [-0.2, -0.15) is 0 Å². The first-order chi connectivity index (χ1) is 8.40. The lowest BCUT2D eigenvalue weighted by atomic mass is 10.2. The number of benzene rings is 1. The predicted molar refractivity (Wildman–Crippen MR) is 69.3 cm³/mol. The van der Waals surface area contributed by atoms with Crippen LogP contribution in [-0.4, -0.2) is 27.4 Å². The zero-order chi connectivity index (χ0) is 13.8. The second kappa shape index (κ2) is 5.83. The van der Waals surface area contributed by atoms with Crippen molar-refractivity contribution in [3.8, 4) is 5.75 Å². The average Bonchev–Trinajstić information content (AvgIpc) is 2.35. The molecular formula is C11H17N3O3S. The largest absolute Gasteiger partial charge is 0.497 e. The molecule has 1 unspecified atom stereocenters. The Bertz CT molecular complexity index is 511. The molecule has 0 fully saturated rings. The van der Waals surface area contributed by atoms with E-state index in [-0.39, 0.29) is 10.7 Å². The molecule has 0 radical (unpaired) electrons.